The maximum absolute atomic E-state index is 13.3. The van der Waals surface area contributed by atoms with Gasteiger partial charge >= 0.3 is 0 Å². The molecule has 32 heavy (non-hydrogen) atoms. The number of allylic oxidation sites excluding steroid dienone is 1. The van der Waals surface area contributed by atoms with Gasteiger partial charge in [-0.25, -0.2) is 0 Å². The highest BCUT2D eigenvalue weighted by molar-refractivity contribution is 8.03. The summed E-state index contributed by atoms with van der Waals surface area (Å²) in [5, 5.41) is 22.5. The van der Waals surface area contributed by atoms with Gasteiger partial charge in [-0.2, -0.15) is 5.26 Å². The average Bonchev–Trinajstić information content (AvgIpc) is 3.17. The number of nitrogens with zero attached hydrogens (tertiary/aromatic N) is 2. The number of halogens is 1. The maximum Gasteiger partial charge on any atom is 0.231 e. The molecule has 1 fully saturated rings. The van der Waals surface area contributed by atoms with Crippen molar-refractivity contribution in [3.8, 4) is 17.6 Å². The molecule has 0 aromatic heterocycles. The fourth-order valence-electron chi connectivity index (χ4n) is 4.07. The van der Waals surface area contributed by atoms with Crippen LogP contribution in [0.5, 0.6) is 11.5 Å². The van der Waals surface area contributed by atoms with E-state index in [0.29, 0.717) is 39.3 Å². The summed E-state index contributed by atoms with van der Waals surface area (Å²) in [5.74, 6) is 0.760. The number of ether oxygens (including phenoxy) is 2. The maximum atomic E-state index is 13.3. The predicted molar refractivity (Wildman–Crippen MR) is 123 cm³/mol. The fourth-order valence-corrected chi connectivity index (χ4v) is 5.56. The Morgan fingerprint density at radius 2 is 2.03 bits per heavy atom. The number of thioether (sulfide) groups is 1. The molecule has 2 aliphatic rings. The van der Waals surface area contributed by atoms with Crippen LogP contribution in [0.4, 0.5) is 0 Å². The summed E-state index contributed by atoms with van der Waals surface area (Å²) >= 11 is 7.30. The van der Waals surface area contributed by atoms with Gasteiger partial charge in [0.25, 0.3) is 0 Å². The van der Waals surface area contributed by atoms with Crippen molar-refractivity contribution in [2.45, 2.75) is 31.4 Å². The van der Waals surface area contributed by atoms with E-state index in [1.54, 1.807) is 31.4 Å². The summed E-state index contributed by atoms with van der Waals surface area (Å²) in [6, 6.07) is 14.6. The number of fused-ring (bicyclic) bond motifs is 1. The topological polar surface area (TPSA) is 82.8 Å². The Hall–Kier alpha value is -2.66. The zero-order valence-electron chi connectivity index (χ0n) is 17.8. The number of hydrogen-bond donors (Lipinski definition) is 1. The number of rotatable bonds is 6. The Labute approximate surface area is 196 Å². The van der Waals surface area contributed by atoms with E-state index in [1.807, 2.05) is 25.1 Å². The zero-order chi connectivity index (χ0) is 22.9. The Balaban J connectivity index is 1.73. The lowest BCUT2D eigenvalue weighted by molar-refractivity contribution is -0.149. The lowest BCUT2D eigenvalue weighted by Crippen LogP contribution is -2.48. The normalized spacial score (nSPS) is 22.5. The zero-order valence-corrected chi connectivity index (χ0v) is 19.4. The molecule has 0 spiro atoms. The van der Waals surface area contributed by atoms with Crippen molar-refractivity contribution in [2.75, 3.05) is 19.5 Å². The van der Waals surface area contributed by atoms with Crippen LogP contribution in [-0.2, 0) is 10.5 Å². The average molecular weight is 471 g/mol. The van der Waals surface area contributed by atoms with Crippen molar-refractivity contribution in [2.24, 2.45) is 0 Å². The molecule has 8 heteroatoms. The molecule has 2 aromatic rings. The van der Waals surface area contributed by atoms with Gasteiger partial charge in [-0.15, -0.1) is 11.8 Å². The molecule has 1 N–H and O–H groups in total. The molecule has 0 unspecified atom stereocenters. The first-order valence-corrected chi connectivity index (χ1v) is 11.7. The molecule has 0 saturated carbocycles. The number of aliphatic hydroxyl groups is 1. The molecule has 2 aromatic carbocycles. The van der Waals surface area contributed by atoms with Gasteiger partial charge in [-0.3, -0.25) is 9.69 Å². The van der Waals surface area contributed by atoms with Crippen LogP contribution in [0.25, 0.3) is 0 Å². The van der Waals surface area contributed by atoms with Crippen molar-refractivity contribution >= 4 is 29.3 Å². The van der Waals surface area contributed by atoms with Crippen LogP contribution in [0.2, 0.25) is 5.02 Å². The number of hydrogen-bond acceptors (Lipinski definition) is 6. The molecule has 2 aliphatic heterocycles. The van der Waals surface area contributed by atoms with Crippen LogP contribution in [0, 0.1) is 11.3 Å². The van der Waals surface area contributed by atoms with E-state index in [1.165, 1.54) is 16.7 Å². The minimum atomic E-state index is -1.52. The monoisotopic (exact) mass is 470 g/mol. The number of carbonyl (C=O) groups is 1. The number of benzene rings is 2. The second kappa shape index (κ2) is 9.07. The number of amides is 1. The highest BCUT2D eigenvalue weighted by atomic mass is 35.5. The minimum absolute atomic E-state index is 0.0706. The molecule has 6 nitrogen and oxygen atoms in total. The van der Waals surface area contributed by atoms with Crippen LogP contribution in [0.1, 0.15) is 36.8 Å². The smallest absolute Gasteiger partial charge is 0.231 e. The molecule has 0 radical (unpaired) electrons. The largest absolute Gasteiger partial charge is 0.493 e. The number of nitriles is 1. The summed E-state index contributed by atoms with van der Waals surface area (Å²) in [7, 11) is 1.56. The first-order chi connectivity index (χ1) is 15.4. The third kappa shape index (κ3) is 3.83. The lowest BCUT2D eigenvalue weighted by atomic mass is 9.85. The van der Waals surface area contributed by atoms with Crippen LogP contribution in [0.15, 0.2) is 53.1 Å². The molecular weight excluding hydrogens is 448 g/mol. The highest BCUT2D eigenvalue weighted by Gasteiger charge is 2.51. The van der Waals surface area contributed by atoms with E-state index < -0.39 is 11.6 Å². The standard InChI is InChI=1S/C24H23ClN2O4S/c1-3-10-31-20-9-4-15(11-21(20)30-2)18-12-22(28)27-23(19(18)13-26)32-14-24(27,29)16-5-7-17(25)8-6-16/h4-9,11,18,29H,3,10,12,14H2,1-2H3/t18-,24-/m1/s1. The molecule has 2 heterocycles. The van der Waals surface area contributed by atoms with Gasteiger partial charge in [0.05, 0.1) is 36.1 Å². The van der Waals surface area contributed by atoms with E-state index >= 15 is 0 Å². The van der Waals surface area contributed by atoms with Gasteiger partial charge in [0.2, 0.25) is 5.91 Å². The van der Waals surface area contributed by atoms with E-state index in [0.717, 1.165) is 12.0 Å². The van der Waals surface area contributed by atoms with Crippen molar-refractivity contribution < 1.29 is 19.4 Å². The first-order valence-electron chi connectivity index (χ1n) is 10.3. The fraction of sp³-hybridized carbons (Fsp3) is 0.333. The highest BCUT2D eigenvalue weighted by Crippen LogP contribution is 2.52. The van der Waals surface area contributed by atoms with Crippen molar-refractivity contribution in [3.05, 3.63) is 69.2 Å². The van der Waals surface area contributed by atoms with Crippen LogP contribution < -0.4 is 9.47 Å². The van der Waals surface area contributed by atoms with Gasteiger partial charge in [0, 0.05) is 22.9 Å². The quantitative estimate of drug-likeness (QED) is 0.654. The Bertz CT molecular complexity index is 1110. The third-order valence-electron chi connectivity index (χ3n) is 5.67. The number of methoxy groups -OCH3 is 1. The van der Waals surface area contributed by atoms with Gasteiger partial charge < -0.3 is 14.6 Å². The van der Waals surface area contributed by atoms with Crippen molar-refractivity contribution in [1.29, 1.82) is 5.26 Å². The summed E-state index contributed by atoms with van der Waals surface area (Å²) in [4.78, 5) is 14.6. The summed E-state index contributed by atoms with van der Waals surface area (Å²) in [5.41, 5.74) is 0.297. The first kappa shape index (κ1) is 22.5. The molecule has 0 aliphatic carbocycles. The van der Waals surface area contributed by atoms with Gasteiger partial charge in [0.1, 0.15) is 0 Å². The molecule has 2 atom stereocenters. The third-order valence-corrected chi connectivity index (χ3v) is 7.14. The summed E-state index contributed by atoms with van der Waals surface area (Å²) in [6.45, 7) is 2.59. The molecular formula is C24H23ClN2O4S. The molecule has 1 amide bonds. The van der Waals surface area contributed by atoms with Crippen molar-refractivity contribution in [3.63, 3.8) is 0 Å². The Kier molecular flexibility index (Phi) is 6.38. The van der Waals surface area contributed by atoms with Crippen LogP contribution in [0.3, 0.4) is 0 Å². The van der Waals surface area contributed by atoms with Crippen molar-refractivity contribution in [1.82, 2.24) is 4.90 Å². The molecule has 1 saturated heterocycles. The predicted octanol–water partition coefficient (Wildman–Crippen LogP) is 4.78. The minimum Gasteiger partial charge on any atom is -0.493 e. The van der Waals surface area contributed by atoms with E-state index in [2.05, 4.69) is 6.07 Å². The van der Waals surface area contributed by atoms with E-state index in [9.17, 15) is 15.2 Å². The van der Waals surface area contributed by atoms with Crippen LogP contribution >= 0.6 is 23.4 Å². The summed E-state index contributed by atoms with van der Waals surface area (Å²) in [6.07, 6.45) is 0.942. The SMILES string of the molecule is CCCOc1ccc([C@H]2CC(=O)N3C(=C2C#N)SC[C@@]3(O)c2ccc(Cl)cc2)cc1OC. The second-order valence-corrected chi connectivity index (χ2v) is 9.09. The number of carbonyl (C=O) groups excluding carboxylic acids is 1. The molecule has 166 valence electrons. The summed E-state index contributed by atoms with van der Waals surface area (Å²) < 4.78 is 11.2. The lowest BCUT2D eigenvalue weighted by Gasteiger charge is -2.38. The molecule has 0 bridgehead atoms. The Morgan fingerprint density at radius 3 is 2.69 bits per heavy atom. The van der Waals surface area contributed by atoms with E-state index in [-0.39, 0.29) is 18.1 Å². The Morgan fingerprint density at radius 1 is 1.28 bits per heavy atom. The molecule has 4 rings (SSSR count). The van der Waals surface area contributed by atoms with Crippen LogP contribution in [-0.4, -0.2) is 35.4 Å². The van der Waals surface area contributed by atoms with Gasteiger partial charge in [-0.1, -0.05) is 36.7 Å². The van der Waals surface area contributed by atoms with Gasteiger partial charge in [-0.05, 0) is 36.2 Å². The van der Waals surface area contributed by atoms with Gasteiger partial charge in [0.15, 0.2) is 17.2 Å². The second-order valence-electron chi connectivity index (χ2n) is 7.69. The van der Waals surface area contributed by atoms with E-state index in [4.69, 9.17) is 21.1 Å².